The van der Waals surface area contributed by atoms with Crippen molar-refractivity contribution in [2.75, 3.05) is 39.3 Å². The molecule has 1 aromatic heterocycles. The van der Waals surface area contributed by atoms with Crippen LogP contribution in [0.25, 0.3) is 0 Å². The van der Waals surface area contributed by atoms with Gasteiger partial charge in [-0.1, -0.05) is 30.3 Å². The lowest BCUT2D eigenvalue weighted by molar-refractivity contribution is 0.0628. The summed E-state index contributed by atoms with van der Waals surface area (Å²) in [5, 5.41) is 0. The van der Waals surface area contributed by atoms with Gasteiger partial charge in [0.15, 0.2) is 0 Å². The van der Waals surface area contributed by atoms with Crippen LogP contribution in [-0.4, -0.2) is 70.8 Å². The molecule has 1 saturated heterocycles. The van der Waals surface area contributed by atoms with Gasteiger partial charge in [0.2, 0.25) is 0 Å². The highest BCUT2D eigenvalue weighted by Gasteiger charge is 2.23. The van der Waals surface area contributed by atoms with E-state index in [1.807, 2.05) is 24.8 Å². The number of carbonyl (C=O) groups is 2. The number of rotatable bonds is 6. The summed E-state index contributed by atoms with van der Waals surface area (Å²) in [5.74, 6) is -0.164. The van der Waals surface area contributed by atoms with Crippen molar-refractivity contribution in [3.63, 3.8) is 0 Å². The summed E-state index contributed by atoms with van der Waals surface area (Å²) in [6, 6.07) is 13.7. The highest BCUT2D eigenvalue weighted by atomic mass is 16.2. The minimum Gasteiger partial charge on any atom is -0.338 e. The maximum absolute atomic E-state index is 12.9. The fourth-order valence-corrected chi connectivity index (χ4v) is 3.49. The van der Waals surface area contributed by atoms with Gasteiger partial charge in [-0.3, -0.25) is 19.5 Å². The Hall–Kier alpha value is -2.73. The van der Waals surface area contributed by atoms with Gasteiger partial charge in [-0.25, -0.2) is 0 Å². The molecule has 0 N–H and O–H groups in total. The van der Waals surface area contributed by atoms with Crippen molar-refractivity contribution in [1.29, 1.82) is 0 Å². The van der Waals surface area contributed by atoms with E-state index in [0.717, 1.165) is 19.6 Å². The second-order valence-electron chi connectivity index (χ2n) is 6.96. The molecule has 2 heterocycles. The summed E-state index contributed by atoms with van der Waals surface area (Å²) in [7, 11) is 0. The van der Waals surface area contributed by atoms with E-state index in [1.54, 1.807) is 23.2 Å². The summed E-state index contributed by atoms with van der Waals surface area (Å²) >= 11 is 0. The summed E-state index contributed by atoms with van der Waals surface area (Å²) in [4.78, 5) is 35.5. The average Bonchev–Trinajstić information content (AvgIpc) is 2.75. The van der Waals surface area contributed by atoms with Crippen LogP contribution >= 0.6 is 0 Å². The molecule has 148 valence electrons. The maximum Gasteiger partial charge on any atom is 0.272 e. The number of carbonyl (C=O) groups excluding carboxylic acids is 2. The third-order valence-electron chi connectivity index (χ3n) is 5.19. The number of benzene rings is 1. The molecule has 1 aliphatic rings. The zero-order valence-corrected chi connectivity index (χ0v) is 16.7. The maximum atomic E-state index is 12.9. The molecule has 2 amide bonds. The van der Waals surface area contributed by atoms with E-state index in [1.165, 1.54) is 5.56 Å². The van der Waals surface area contributed by atoms with Crippen LogP contribution in [0.2, 0.25) is 0 Å². The molecule has 6 nitrogen and oxygen atoms in total. The Labute approximate surface area is 166 Å². The van der Waals surface area contributed by atoms with Crippen LogP contribution in [0.15, 0.2) is 48.7 Å². The fourth-order valence-electron chi connectivity index (χ4n) is 3.49. The Morgan fingerprint density at radius 1 is 1.00 bits per heavy atom. The quantitative estimate of drug-likeness (QED) is 0.773. The second kappa shape index (κ2) is 9.46. The molecule has 1 fully saturated rings. The predicted octanol–water partition coefficient (Wildman–Crippen LogP) is 2.52. The summed E-state index contributed by atoms with van der Waals surface area (Å²) < 4.78 is 0. The first-order chi connectivity index (χ1) is 13.6. The normalized spacial score (nSPS) is 14.7. The van der Waals surface area contributed by atoms with Gasteiger partial charge in [0.05, 0.1) is 0 Å². The third-order valence-corrected chi connectivity index (χ3v) is 5.19. The van der Waals surface area contributed by atoms with Crippen LogP contribution in [0.3, 0.4) is 0 Å². The smallest absolute Gasteiger partial charge is 0.272 e. The van der Waals surface area contributed by atoms with E-state index in [9.17, 15) is 9.59 Å². The van der Waals surface area contributed by atoms with Crippen molar-refractivity contribution in [3.05, 3.63) is 65.5 Å². The molecule has 6 heteroatoms. The molecular weight excluding hydrogens is 352 g/mol. The first-order valence-corrected chi connectivity index (χ1v) is 9.93. The number of aromatic nitrogens is 1. The van der Waals surface area contributed by atoms with E-state index < -0.39 is 0 Å². The molecule has 1 aromatic carbocycles. The van der Waals surface area contributed by atoms with Gasteiger partial charge < -0.3 is 9.80 Å². The van der Waals surface area contributed by atoms with Gasteiger partial charge in [0.25, 0.3) is 11.8 Å². The van der Waals surface area contributed by atoms with Crippen LogP contribution in [0.5, 0.6) is 0 Å². The Morgan fingerprint density at radius 3 is 2.32 bits per heavy atom. The minimum atomic E-state index is -0.132. The number of pyridine rings is 1. The molecule has 0 aliphatic carbocycles. The molecule has 3 rings (SSSR count). The predicted molar refractivity (Wildman–Crippen MR) is 109 cm³/mol. The zero-order valence-electron chi connectivity index (χ0n) is 16.7. The first-order valence-electron chi connectivity index (χ1n) is 9.93. The zero-order chi connectivity index (χ0) is 19.9. The van der Waals surface area contributed by atoms with Crippen LogP contribution in [0.4, 0.5) is 0 Å². The van der Waals surface area contributed by atoms with Crippen molar-refractivity contribution < 1.29 is 9.59 Å². The molecule has 0 spiro atoms. The van der Waals surface area contributed by atoms with Gasteiger partial charge in [-0.15, -0.1) is 0 Å². The molecule has 0 atom stereocenters. The number of hydrogen-bond acceptors (Lipinski definition) is 4. The molecule has 0 radical (unpaired) electrons. The molecular formula is C22H28N4O2. The van der Waals surface area contributed by atoms with Crippen molar-refractivity contribution in [2.45, 2.75) is 20.4 Å². The standard InChI is InChI=1S/C22H28N4O2/c1-3-25(4-2)22(28)20-16-19(10-11-23-20)21(27)26-14-12-24(13-15-26)17-18-8-6-5-7-9-18/h5-11,16H,3-4,12-15,17H2,1-2H3. The Balaban J connectivity index is 1.61. The lowest BCUT2D eigenvalue weighted by Gasteiger charge is -2.34. The second-order valence-corrected chi connectivity index (χ2v) is 6.96. The fraction of sp³-hybridized carbons (Fsp3) is 0.409. The van der Waals surface area contributed by atoms with Crippen molar-refractivity contribution in [1.82, 2.24) is 19.7 Å². The number of amides is 2. The van der Waals surface area contributed by atoms with Crippen molar-refractivity contribution in [3.8, 4) is 0 Å². The van der Waals surface area contributed by atoms with E-state index in [0.29, 0.717) is 37.4 Å². The van der Waals surface area contributed by atoms with Crippen LogP contribution < -0.4 is 0 Å². The largest absolute Gasteiger partial charge is 0.338 e. The van der Waals surface area contributed by atoms with Crippen molar-refractivity contribution >= 4 is 11.8 Å². The number of nitrogens with zero attached hydrogens (tertiary/aromatic N) is 4. The van der Waals surface area contributed by atoms with Gasteiger partial charge >= 0.3 is 0 Å². The van der Waals surface area contributed by atoms with E-state index >= 15 is 0 Å². The highest BCUT2D eigenvalue weighted by Crippen LogP contribution is 2.13. The van der Waals surface area contributed by atoms with Crippen LogP contribution in [0, 0.1) is 0 Å². The van der Waals surface area contributed by atoms with Gasteiger partial charge in [0.1, 0.15) is 5.69 Å². The topological polar surface area (TPSA) is 56.8 Å². The number of hydrogen-bond donors (Lipinski definition) is 0. The molecule has 28 heavy (non-hydrogen) atoms. The van der Waals surface area contributed by atoms with Gasteiger partial charge in [-0.05, 0) is 31.5 Å². The first kappa shape index (κ1) is 20.0. The molecule has 0 bridgehead atoms. The van der Waals surface area contributed by atoms with E-state index in [-0.39, 0.29) is 11.8 Å². The molecule has 0 saturated carbocycles. The Bertz CT molecular complexity index is 797. The van der Waals surface area contributed by atoms with Crippen LogP contribution in [0.1, 0.15) is 40.3 Å². The summed E-state index contributed by atoms with van der Waals surface area (Å²) in [5.41, 5.74) is 2.15. The molecule has 2 aromatic rings. The van der Waals surface area contributed by atoms with Gasteiger partial charge in [0, 0.05) is 57.6 Å². The monoisotopic (exact) mass is 380 g/mol. The van der Waals surface area contributed by atoms with Crippen molar-refractivity contribution in [2.24, 2.45) is 0 Å². The average molecular weight is 380 g/mol. The molecule has 0 unspecified atom stereocenters. The van der Waals surface area contributed by atoms with Crippen LogP contribution in [-0.2, 0) is 6.54 Å². The highest BCUT2D eigenvalue weighted by molar-refractivity contribution is 5.98. The minimum absolute atomic E-state index is 0.0321. The van der Waals surface area contributed by atoms with E-state index in [2.05, 4.69) is 34.1 Å². The Kier molecular flexibility index (Phi) is 6.76. The number of piperazine rings is 1. The SMILES string of the molecule is CCN(CC)C(=O)c1cc(C(=O)N2CCN(Cc3ccccc3)CC2)ccn1. The lowest BCUT2D eigenvalue weighted by Crippen LogP contribution is -2.48. The molecule has 1 aliphatic heterocycles. The third kappa shape index (κ3) is 4.75. The summed E-state index contributed by atoms with van der Waals surface area (Å²) in [6.07, 6.45) is 1.55. The van der Waals surface area contributed by atoms with E-state index in [4.69, 9.17) is 0 Å². The Morgan fingerprint density at radius 2 is 1.68 bits per heavy atom. The van der Waals surface area contributed by atoms with Gasteiger partial charge in [-0.2, -0.15) is 0 Å². The summed E-state index contributed by atoms with van der Waals surface area (Å²) in [6.45, 7) is 9.09. The lowest BCUT2D eigenvalue weighted by atomic mass is 10.1.